The van der Waals surface area contributed by atoms with E-state index in [1.54, 1.807) is 6.07 Å². The Morgan fingerprint density at radius 3 is 2.68 bits per heavy atom. The summed E-state index contributed by atoms with van der Waals surface area (Å²) < 4.78 is 10.4. The molecule has 3 rings (SSSR count). The number of esters is 1. The average Bonchev–Trinajstić information content (AvgIpc) is 2.67. The predicted octanol–water partition coefficient (Wildman–Crippen LogP) is 1.80. The van der Waals surface area contributed by atoms with Crippen molar-refractivity contribution in [3.8, 4) is 6.07 Å². The lowest BCUT2D eigenvalue weighted by Gasteiger charge is -2.29. The number of hydrogen-bond acceptors (Lipinski definition) is 7. The minimum Gasteiger partial charge on any atom is -0.460 e. The van der Waals surface area contributed by atoms with Crippen LogP contribution in [0.2, 0.25) is 0 Å². The standard InChI is InChI=1S/C18H18N4O3/c1-2-9-25-18(23)13(12-19)16-17(22-7-10-24-11-8-22)21-15-6-4-3-5-14(15)20-16/h2-6,13H,1,7-11H2/t13-/m0/s1. The molecule has 7 nitrogen and oxygen atoms in total. The maximum absolute atomic E-state index is 12.3. The molecule has 0 radical (unpaired) electrons. The van der Waals surface area contributed by atoms with Gasteiger partial charge in [-0.3, -0.25) is 4.79 Å². The molecule has 7 heteroatoms. The fourth-order valence-corrected chi connectivity index (χ4v) is 2.66. The monoisotopic (exact) mass is 338 g/mol. The molecule has 1 atom stereocenters. The van der Waals surface area contributed by atoms with Gasteiger partial charge in [-0.05, 0) is 12.1 Å². The maximum Gasteiger partial charge on any atom is 0.330 e. The van der Waals surface area contributed by atoms with Crippen LogP contribution < -0.4 is 4.90 Å². The number of carbonyl (C=O) groups excluding carboxylic acids is 1. The van der Waals surface area contributed by atoms with Crippen molar-refractivity contribution in [2.45, 2.75) is 5.92 Å². The molecule has 2 heterocycles. The largest absolute Gasteiger partial charge is 0.460 e. The van der Waals surface area contributed by atoms with Crippen LogP contribution in [0.3, 0.4) is 0 Å². The molecule has 1 aliphatic heterocycles. The summed E-state index contributed by atoms with van der Waals surface area (Å²) in [6, 6.07) is 9.38. The number of hydrogen-bond donors (Lipinski definition) is 0. The fraction of sp³-hybridized carbons (Fsp3) is 0.333. The van der Waals surface area contributed by atoms with Crippen molar-refractivity contribution in [3.63, 3.8) is 0 Å². The first kappa shape index (κ1) is 16.9. The molecule has 1 aliphatic rings. The smallest absolute Gasteiger partial charge is 0.330 e. The zero-order chi connectivity index (χ0) is 17.6. The molecule has 0 bridgehead atoms. The zero-order valence-electron chi connectivity index (χ0n) is 13.7. The van der Waals surface area contributed by atoms with Crippen molar-refractivity contribution in [1.82, 2.24) is 9.97 Å². The van der Waals surface area contributed by atoms with E-state index in [1.807, 2.05) is 29.2 Å². The van der Waals surface area contributed by atoms with Crippen molar-refractivity contribution in [1.29, 1.82) is 5.26 Å². The minimum atomic E-state index is -1.14. The maximum atomic E-state index is 12.3. The molecule has 0 aliphatic carbocycles. The number of aromatic nitrogens is 2. The summed E-state index contributed by atoms with van der Waals surface area (Å²) in [7, 11) is 0. The SMILES string of the molecule is C=CCOC(=O)[C@@H](C#N)c1nc2ccccc2nc1N1CCOCC1. The Balaban J connectivity index is 2.08. The first-order valence-corrected chi connectivity index (χ1v) is 8.01. The van der Waals surface area contributed by atoms with E-state index in [0.29, 0.717) is 48.8 Å². The van der Waals surface area contributed by atoms with Crippen LogP contribution in [0, 0.1) is 11.3 Å². The van der Waals surface area contributed by atoms with Gasteiger partial charge >= 0.3 is 5.97 Å². The molecule has 128 valence electrons. The van der Waals surface area contributed by atoms with E-state index in [1.165, 1.54) is 6.08 Å². The summed E-state index contributed by atoms with van der Waals surface area (Å²) in [6.07, 6.45) is 1.46. The van der Waals surface area contributed by atoms with Crippen LogP contribution in [-0.2, 0) is 14.3 Å². The molecule has 25 heavy (non-hydrogen) atoms. The molecule has 0 unspecified atom stereocenters. The molecule has 0 N–H and O–H groups in total. The van der Waals surface area contributed by atoms with Gasteiger partial charge in [-0.15, -0.1) is 0 Å². The summed E-state index contributed by atoms with van der Waals surface area (Å²) in [5.74, 6) is -1.26. The summed E-state index contributed by atoms with van der Waals surface area (Å²) in [4.78, 5) is 23.5. The summed E-state index contributed by atoms with van der Waals surface area (Å²) in [5.41, 5.74) is 1.66. The molecule has 1 aromatic heterocycles. The van der Waals surface area contributed by atoms with Crippen LogP contribution >= 0.6 is 0 Å². The second-order valence-electron chi connectivity index (χ2n) is 5.50. The number of para-hydroxylation sites is 2. The highest BCUT2D eigenvalue weighted by Crippen LogP contribution is 2.28. The van der Waals surface area contributed by atoms with Crippen LogP contribution in [0.25, 0.3) is 11.0 Å². The fourth-order valence-electron chi connectivity index (χ4n) is 2.66. The van der Waals surface area contributed by atoms with E-state index in [-0.39, 0.29) is 6.61 Å². The minimum absolute atomic E-state index is 0.0465. The Morgan fingerprint density at radius 1 is 1.36 bits per heavy atom. The van der Waals surface area contributed by atoms with Crippen LogP contribution in [-0.4, -0.2) is 48.8 Å². The Hall–Kier alpha value is -2.98. The van der Waals surface area contributed by atoms with Crippen LogP contribution in [0.5, 0.6) is 0 Å². The van der Waals surface area contributed by atoms with Gasteiger partial charge in [0.05, 0.1) is 30.3 Å². The number of nitriles is 1. The van der Waals surface area contributed by atoms with Gasteiger partial charge in [0.25, 0.3) is 0 Å². The van der Waals surface area contributed by atoms with E-state index < -0.39 is 11.9 Å². The van der Waals surface area contributed by atoms with Crippen molar-refractivity contribution in [3.05, 3.63) is 42.6 Å². The lowest BCUT2D eigenvalue weighted by molar-refractivity contribution is -0.142. The first-order chi connectivity index (χ1) is 12.2. The van der Waals surface area contributed by atoms with Gasteiger partial charge in [0.1, 0.15) is 12.3 Å². The second-order valence-corrected chi connectivity index (χ2v) is 5.50. The molecule has 0 amide bonds. The first-order valence-electron chi connectivity index (χ1n) is 8.01. The third-order valence-corrected chi connectivity index (χ3v) is 3.87. The van der Waals surface area contributed by atoms with Gasteiger partial charge in [0.2, 0.25) is 0 Å². The normalized spacial score (nSPS) is 15.4. The van der Waals surface area contributed by atoms with Crippen LogP contribution in [0.15, 0.2) is 36.9 Å². The van der Waals surface area contributed by atoms with Gasteiger partial charge in [-0.25, -0.2) is 9.97 Å². The summed E-state index contributed by atoms with van der Waals surface area (Å²) in [5, 5.41) is 9.56. The number of carbonyl (C=O) groups is 1. The second kappa shape index (κ2) is 7.73. The van der Waals surface area contributed by atoms with E-state index >= 15 is 0 Å². The Labute approximate surface area is 145 Å². The molecule has 2 aromatic rings. The number of ether oxygens (including phenoxy) is 2. The molecular formula is C18H18N4O3. The van der Waals surface area contributed by atoms with E-state index in [2.05, 4.69) is 16.5 Å². The van der Waals surface area contributed by atoms with E-state index in [0.717, 1.165) is 0 Å². The van der Waals surface area contributed by atoms with Crippen LogP contribution in [0.1, 0.15) is 11.6 Å². The highest BCUT2D eigenvalue weighted by molar-refractivity contribution is 5.85. The Morgan fingerprint density at radius 2 is 2.04 bits per heavy atom. The lowest BCUT2D eigenvalue weighted by Crippen LogP contribution is -2.38. The van der Waals surface area contributed by atoms with Crippen LogP contribution in [0.4, 0.5) is 5.82 Å². The number of anilines is 1. The van der Waals surface area contributed by atoms with Crippen molar-refractivity contribution >= 4 is 22.8 Å². The third kappa shape index (κ3) is 3.59. The van der Waals surface area contributed by atoms with Gasteiger partial charge in [-0.2, -0.15) is 5.26 Å². The highest BCUT2D eigenvalue weighted by atomic mass is 16.5. The van der Waals surface area contributed by atoms with Gasteiger partial charge in [0, 0.05) is 13.1 Å². The molecule has 0 spiro atoms. The Kier molecular flexibility index (Phi) is 5.21. The average molecular weight is 338 g/mol. The number of nitrogens with zero attached hydrogens (tertiary/aromatic N) is 4. The Bertz CT molecular complexity index is 825. The van der Waals surface area contributed by atoms with Crippen molar-refractivity contribution in [2.24, 2.45) is 0 Å². The topological polar surface area (TPSA) is 88.3 Å². The van der Waals surface area contributed by atoms with Crippen molar-refractivity contribution in [2.75, 3.05) is 37.8 Å². The molecule has 1 aromatic carbocycles. The molecule has 0 saturated carbocycles. The molecular weight excluding hydrogens is 320 g/mol. The summed E-state index contributed by atoms with van der Waals surface area (Å²) in [6.45, 7) is 5.93. The quantitative estimate of drug-likeness (QED) is 0.607. The van der Waals surface area contributed by atoms with Gasteiger partial charge < -0.3 is 14.4 Å². The van der Waals surface area contributed by atoms with E-state index in [9.17, 15) is 10.1 Å². The number of morpholine rings is 1. The van der Waals surface area contributed by atoms with Gasteiger partial charge in [0.15, 0.2) is 11.7 Å². The van der Waals surface area contributed by atoms with E-state index in [4.69, 9.17) is 9.47 Å². The predicted molar refractivity (Wildman–Crippen MR) is 92.1 cm³/mol. The molecule has 1 fully saturated rings. The lowest BCUT2D eigenvalue weighted by atomic mass is 10.1. The highest BCUT2D eigenvalue weighted by Gasteiger charge is 2.30. The summed E-state index contributed by atoms with van der Waals surface area (Å²) >= 11 is 0. The third-order valence-electron chi connectivity index (χ3n) is 3.87. The van der Waals surface area contributed by atoms with Crippen molar-refractivity contribution < 1.29 is 14.3 Å². The number of benzene rings is 1. The van der Waals surface area contributed by atoms with Gasteiger partial charge in [-0.1, -0.05) is 24.8 Å². The number of fused-ring (bicyclic) bond motifs is 1. The number of rotatable bonds is 5. The zero-order valence-corrected chi connectivity index (χ0v) is 13.7. The molecule has 1 saturated heterocycles.